The van der Waals surface area contributed by atoms with Gasteiger partial charge in [0.05, 0.1) is 17.6 Å². The first kappa shape index (κ1) is 15.4. The van der Waals surface area contributed by atoms with E-state index in [0.29, 0.717) is 19.3 Å². The molecular weight excluding hydrogens is 332 g/mol. The molecule has 8 heteroatoms. The second-order valence-corrected chi connectivity index (χ2v) is 6.51. The molecule has 1 aromatic carbocycles. The summed E-state index contributed by atoms with van der Waals surface area (Å²) in [6.07, 6.45) is 5.55. The molecule has 26 heavy (non-hydrogen) atoms. The van der Waals surface area contributed by atoms with Gasteiger partial charge in [0.1, 0.15) is 25.4 Å². The number of nitrogens with one attached hydrogen (secondary N) is 2. The summed E-state index contributed by atoms with van der Waals surface area (Å²) >= 11 is 0. The van der Waals surface area contributed by atoms with Gasteiger partial charge in [0.25, 0.3) is 0 Å². The molecule has 8 nitrogen and oxygen atoms in total. The monoisotopic (exact) mass is 352 g/mol. The number of nitrogens with zero attached hydrogens (tertiary/aromatic N) is 4. The van der Waals surface area contributed by atoms with Gasteiger partial charge in [-0.05, 0) is 38.1 Å². The van der Waals surface area contributed by atoms with Gasteiger partial charge in [-0.2, -0.15) is 5.10 Å². The van der Waals surface area contributed by atoms with Crippen molar-refractivity contribution in [3.05, 3.63) is 30.7 Å². The van der Waals surface area contributed by atoms with Gasteiger partial charge in [0.2, 0.25) is 0 Å². The molecule has 0 saturated carbocycles. The minimum absolute atomic E-state index is 0.380. The summed E-state index contributed by atoms with van der Waals surface area (Å²) in [6.45, 7) is 3.18. The molecule has 0 spiro atoms. The highest BCUT2D eigenvalue weighted by Gasteiger charge is 2.20. The Balaban J connectivity index is 1.47. The molecule has 0 unspecified atom stereocenters. The van der Waals surface area contributed by atoms with E-state index < -0.39 is 0 Å². The van der Waals surface area contributed by atoms with Crippen molar-refractivity contribution in [2.24, 2.45) is 0 Å². The molecule has 2 aromatic heterocycles. The maximum atomic E-state index is 5.65. The van der Waals surface area contributed by atoms with Gasteiger partial charge >= 0.3 is 0 Å². The third-order valence-corrected chi connectivity index (χ3v) is 4.85. The highest BCUT2D eigenvalue weighted by atomic mass is 16.6. The molecule has 3 aromatic rings. The standard InChI is InChI=1S/C18H20N6O2/c1-2-15-16(26-8-7-25-15)9-12(1)23-17-14-10-22-24(18(14)21-11-20-17)13-3-5-19-6-4-13/h1-2,9-11,13,19H,3-8H2,(H,20,21,23). The molecule has 2 N–H and O–H groups in total. The second kappa shape index (κ2) is 6.45. The van der Waals surface area contributed by atoms with Gasteiger partial charge in [0.15, 0.2) is 17.1 Å². The number of fused-ring (bicyclic) bond motifs is 2. The van der Waals surface area contributed by atoms with Crippen LogP contribution in [0.3, 0.4) is 0 Å². The van der Waals surface area contributed by atoms with Gasteiger partial charge in [-0.1, -0.05) is 0 Å². The van der Waals surface area contributed by atoms with Crippen LogP contribution >= 0.6 is 0 Å². The molecule has 0 amide bonds. The molecule has 2 aliphatic rings. The largest absolute Gasteiger partial charge is 0.486 e. The van der Waals surface area contributed by atoms with Crippen LogP contribution in [0.15, 0.2) is 30.7 Å². The van der Waals surface area contributed by atoms with Crippen LogP contribution in [-0.2, 0) is 0 Å². The third kappa shape index (κ3) is 2.72. The maximum Gasteiger partial charge on any atom is 0.163 e. The smallest absolute Gasteiger partial charge is 0.163 e. The lowest BCUT2D eigenvalue weighted by Crippen LogP contribution is -2.29. The average molecular weight is 352 g/mol. The number of benzene rings is 1. The van der Waals surface area contributed by atoms with Crippen LogP contribution in [0.1, 0.15) is 18.9 Å². The maximum absolute atomic E-state index is 5.65. The van der Waals surface area contributed by atoms with E-state index in [4.69, 9.17) is 9.47 Å². The molecule has 5 rings (SSSR count). The molecule has 4 heterocycles. The van der Waals surface area contributed by atoms with Crippen LogP contribution in [-0.4, -0.2) is 46.1 Å². The van der Waals surface area contributed by atoms with Crippen LogP contribution in [0, 0.1) is 0 Å². The van der Waals surface area contributed by atoms with Crippen molar-refractivity contribution in [2.45, 2.75) is 18.9 Å². The predicted molar refractivity (Wildman–Crippen MR) is 97.2 cm³/mol. The Morgan fingerprint density at radius 3 is 2.81 bits per heavy atom. The van der Waals surface area contributed by atoms with E-state index in [-0.39, 0.29) is 0 Å². The van der Waals surface area contributed by atoms with E-state index in [9.17, 15) is 0 Å². The van der Waals surface area contributed by atoms with Crippen molar-refractivity contribution in [1.82, 2.24) is 25.1 Å². The number of anilines is 2. The Bertz CT molecular complexity index is 935. The van der Waals surface area contributed by atoms with Crippen molar-refractivity contribution in [3.8, 4) is 11.5 Å². The number of hydrogen-bond donors (Lipinski definition) is 2. The minimum Gasteiger partial charge on any atom is -0.486 e. The first-order valence-corrected chi connectivity index (χ1v) is 8.94. The number of aromatic nitrogens is 4. The quantitative estimate of drug-likeness (QED) is 0.748. The number of hydrogen-bond acceptors (Lipinski definition) is 7. The molecule has 0 aliphatic carbocycles. The van der Waals surface area contributed by atoms with Crippen LogP contribution in [0.25, 0.3) is 11.0 Å². The fourth-order valence-electron chi connectivity index (χ4n) is 3.54. The summed E-state index contributed by atoms with van der Waals surface area (Å²) < 4.78 is 13.3. The van der Waals surface area contributed by atoms with Crippen molar-refractivity contribution in [3.63, 3.8) is 0 Å². The normalized spacial score (nSPS) is 17.4. The van der Waals surface area contributed by atoms with Crippen LogP contribution in [0.2, 0.25) is 0 Å². The predicted octanol–water partition coefficient (Wildman–Crippen LogP) is 2.27. The highest BCUT2D eigenvalue weighted by molar-refractivity contribution is 5.88. The fourth-order valence-corrected chi connectivity index (χ4v) is 3.54. The SMILES string of the molecule is c1nc(Nc2ccc3c(c2)OCCO3)c2cnn(C3CCNCC3)c2n1. The first-order chi connectivity index (χ1) is 12.9. The Morgan fingerprint density at radius 2 is 1.92 bits per heavy atom. The molecule has 0 bridgehead atoms. The summed E-state index contributed by atoms with van der Waals surface area (Å²) in [4.78, 5) is 8.89. The zero-order valence-electron chi connectivity index (χ0n) is 14.3. The van der Waals surface area contributed by atoms with Crippen molar-refractivity contribution >= 4 is 22.5 Å². The molecule has 1 fully saturated rings. The minimum atomic E-state index is 0.380. The topological polar surface area (TPSA) is 86.1 Å². The van der Waals surface area contributed by atoms with E-state index in [1.165, 1.54) is 0 Å². The zero-order valence-corrected chi connectivity index (χ0v) is 14.3. The van der Waals surface area contributed by atoms with Crippen molar-refractivity contribution < 1.29 is 9.47 Å². The number of ether oxygens (including phenoxy) is 2. The van der Waals surface area contributed by atoms with Gasteiger partial charge in [-0.3, -0.25) is 0 Å². The lowest BCUT2D eigenvalue weighted by Gasteiger charge is -2.23. The Kier molecular flexibility index (Phi) is 3.82. The van der Waals surface area contributed by atoms with Gasteiger partial charge in [0, 0.05) is 11.8 Å². The summed E-state index contributed by atoms with van der Waals surface area (Å²) in [5, 5.41) is 12.3. The molecule has 0 radical (unpaired) electrons. The van der Waals surface area contributed by atoms with Crippen LogP contribution in [0.5, 0.6) is 11.5 Å². The third-order valence-electron chi connectivity index (χ3n) is 4.85. The summed E-state index contributed by atoms with van der Waals surface area (Å²) in [7, 11) is 0. The van der Waals surface area contributed by atoms with E-state index in [0.717, 1.165) is 60.0 Å². The number of piperidine rings is 1. The first-order valence-electron chi connectivity index (χ1n) is 8.94. The lowest BCUT2D eigenvalue weighted by atomic mass is 10.1. The van der Waals surface area contributed by atoms with E-state index in [1.54, 1.807) is 6.33 Å². The highest BCUT2D eigenvalue weighted by Crippen LogP contribution is 2.34. The lowest BCUT2D eigenvalue weighted by molar-refractivity contribution is 0.171. The van der Waals surface area contributed by atoms with E-state index in [2.05, 4.69) is 25.7 Å². The summed E-state index contributed by atoms with van der Waals surface area (Å²) in [6, 6.07) is 6.18. The molecule has 134 valence electrons. The average Bonchev–Trinajstić information content (AvgIpc) is 3.14. The molecule has 0 atom stereocenters. The summed E-state index contributed by atoms with van der Waals surface area (Å²) in [5.74, 6) is 2.26. The van der Waals surface area contributed by atoms with Gasteiger partial charge < -0.3 is 20.1 Å². The molecule has 2 aliphatic heterocycles. The fraction of sp³-hybridized carbons (Fsp3) is 0.389. The Hall–Kier alpha value is -2.87. The van der Waals surface area contributed by atoms with Crippen molar-refractivity contribution in [2.75, 3.05) is 31.6 Å². The Morgan fingerprint density at radius 1 is 1.08 bits per heavy atom. The van der Waals surface area contributed by atoms with E-state index >= 15 is 0 Å². The van der Waals surface area contributed by atoms with Crippen LogP contribution < -0.4 is 20.1 Å². The molecular formula is C18H20N6O2. The van der Waals surface area contributed by atoms with E-state index in [1.807, 2.05) is 29.1 Å². The van der Waals surface area contributed by atoms with Gasteiger partial charge in [-0.15, -0.1) is 0 Å². The zero-order chi connectivity index (χ0) is 17.3. The Labute approximate surface area is 150 Å². The summed E-state index contributed by atoms with van der Waals surface area (Å²) in [5.41, 5.74) is 1.76. The molecule has 1 saturated heterocycles. The number of rotatable bonds is 3. The van der Waals surface area contributed by atoms with Gasteiger partial charge in [-0.25, -0.2) is 14.6 Å². The second-order valence-electron chi connectivity index (χ2n) is 6.51. The van der Waals surface area contributed by atoms with Crippen LogP contribution in [0.4, 0.5) is 11.5 Å². The van der Waals surface area contributed by atoms with Crippen molar-refractivity contribution in [1.29, 1.82) is 0 Å².